The van der Waals surface area contributed by atoms with E-state index in [1.807, 2.05) is 0 Å². The van der Waals surface area contributed by atoms with Crippen LogP contribution in [0.15, 0.2) is 40.4 Å². The quantitative estimate of drug-likeness (QED) is 0.0782. The standard InChI is InChI=1S/C22H16Br4N2O7S2/c1-3-34-20(32)17(21(33)35-4-2)37-22-28-9-6-5-8(7-10(9)36-22)27-18(29)11-12(19(30)31)14(24)16(26)15(25)13(11)23/h5-7,17H,3-4H2,1-2H3,(H,27,29)(H,30,31). The molecule has 0 aliphatic rings. The van der Waals surface area contributed by atoms with E-state index in [2.05, 4.69) is 74.0 Å². The highest BCUT2D eigenvalue weighted by molar-refractivity contribution is 9.15. The van der Waals surface area contributed by atoms with E-state index in [9.17, 15) is 24.3 Å². The van der Waals surface area contributed by atoms with Gasteiger partial charge >= 0.3 is 17.9 Å². The summed E-state index contributed by atoms with van der Waals surface area (Å²) < 4.78 is 12.5. The number of thioether (sulfide) groups is 1. The zero-order valence-corrected chi connectivity index (χ0v) is 26.9. The van der Waals surface area contributed by atoms with E-state index in [-0.39, 0.29) is 33.3 Å². The van der Waals surface area contributed by atoms with Gasteiger partial charge in [0.1, 0.15) is 0 Å². The number of fused-ring (bicyclic) bond motifs is 1. The molecule has 0 saturated heterocycles. The van der Waals surface area contributed by atoms with Crippen LogP contribution in [-0.2, 0) is 19.1 Å². The van der Waals surface area contributed by atoms with E-state index in [1.165, 1.54) is 11.3 Å². The highest BCUT2D eigenvalue weighted by atomic mass is 79.9. The first-order chi connectivity index (χ1) is 17.5. The number of halogens is 4. The Hall–Kier alpha value is -1.52. The molecule has 0 spiro atoms. The number of thiazole rings is 1. The number of carbonyl (C=O) groups excluding carboxylic acids is 3. The molecule has 37 heavy (non-hydrogen) atoms. The second-order valence-electron chi connectivity index (χ2n) is 6.93. The number of ether oxygens (including phenoxy) is 2. The van der Waals surface area contributed by atoms with E-state index < -0.39 is 29.1 Å². The van der Waals surface area contributed by atoms with Crippen LogP contribution in [0.1, 0.15) is 34.6 Å². The average Bonchev–Trinajstić information content (AvgIpc) is 3.25. The summed E-state index contributed by atoms with van der Waals surface area (Å²) in [6.07, 6.45) is 0. The van der Waals surface area contributed by atoms with Crippen LogP contribution in [-0.4, -0.2) is 52.4 Å². The summed E-state index contributed by atoms with van der Waals surface area (Å²) in [4.78, 5) is 54.1. The number of amides is 1. The Morgan fingerprint density at radius 1 is 0.973 bits per heavy atom. The highest BCUT2D eigenvalue weighted by Crippen LogP contribution is 2.42. The van der Waals surface area contributed by atoms with Gasteiger partial charge in [0, 0.05) is 23.6 Å². The summed E-state index contributed by atoms with van der Waals surface area (Å²) in [5.41, 5.74) is 0.671. The zero-order valence-electron chi connectivity index (χ0n) is 18.9. The molecule has 3 rings (SSSR count). The van der Waals surface area contributed by atoms with Crippen LogP contribution in [0, 0.1) is 0 Å². The number of carbonyl (C=O) groups is 4. The molecular weight excluding hydrogens is 788 g/mol. The maximum absolute atomic E-state index is 13.2. The molecule has 196 valence electrons. The average molecular weight is 804 g/mol. The molecular formula is C22H16Br4N2O7S2. The summed E-state index contributed by atoms with van der Waals surface area (Å²) in [7, 11) is 0. The molecule has 0 atom stereocenters. The molecule has 0 aliphatic carbocycles. The van der Waals surface area contributed by atoms with Crippen molar-refractivity contribution in [2.24, 2.45) is 0 Å². The molecule has 0 unspecified atom stereocenters. The number of carboxylic acids is 1. The molecule has 15 heteroatoms. The van der Waals surface area contributed by atoms with Crippen molar-refractivity contribution < 1.29 is 33.8 Å². The number of nitrogens with one attached hydrogen (secondary N) is 1. The lowest BCUT2D eigenvalue weighted by atomic mass is 10.1. The summed E-state index contributed by atoms with van der Waals surface area (Å²) >= 11 is 15.3. The summed E-state index contributed by atoms with van der Waals surface area (Å²) in [6, 6.07) is 4.94. The van der Waals surface area contributed by atoms with Crippen molar-refractivity contribution in [2.75, 3.05) is 18.5 Å². The number of hydrogen-bond donors (Lipinski definition) is 2. The Labute approximate surface area is 252 Å². The van der Waals surface area contributed by atoms with Gasteiger partial charge in [-0.2, -0.15) is 0 Å². The van der Waals surface area contributed by atoms with Crippen LogP contribution in [0.2, 0.25) is 0 Å². The van der Waals surface area contributed by atoms with Gasteiger partial charge in [0.05, 0.1) is 34.6 Å². The van der Waals surface area contributed by atoms with Crippen LogP contribution >= 0.6 is 86.8 Å². The number of rotatable bonds is 9. The van der Waals surface area contributed by atoms with Crippen molar-refractivity contribution in [1.82, 2.24) is 4.98 Å². The molecule has 3 aromatic rings. The lowest BCUT2D eigenvalue weighted by molar-refractivity contribution is -0.152. The van der Waals surface area contributed by atoms with Crippen molar-refractivity contribution in [3.63, 3.8) is 0 Å². The maximum atomic E-state index is 13.2. The third-order valence-corrected chi connectivity index (χ3v) is 11.6. The Bertz CT molecular complexity index is 1400. The largest absolute Gasteiger partial charge is 0.478 e. The monoisotopic (exact) mass is 800 g/mol. The third kappa shape index (κ3) is 6.74. The molecule has 0 aliphatic heterocycles. The van der Waals surface area contributed by atoms with Crippen LogP contribution in [0.5, 0.6) is 0 Å². The van der Waals surface area contributed by atoms with Gasteiger partial charge in [0.2, 0.25) is 5.25 Å². The lowest BCUT2D eigenvalue weighted by Crippen LogP contribution is -2.30. The topological polar surface area (TPSA) is 132 Å². The van der Waals surface area contributed by atoms with Crippen molar-refractivity contribution in [2.45, 2.75) is 23.4 Å². The molecule has 9 nitrogen and oxygen atoms in total. The van der Waals surface area contributed by atoms with E-state index >= 15 is 0 Å². The minimum absolute atomic E-state index is 0.0817. The lowest BCUT2D eigenvalue weighted by Gasteiger charge is -2.14. The number of aromatic carboxylic acids is 1. The van der Waals surface area contributed by atoms with E-state index in [0.717, 1.165) is 11.8 Å². The summed E-state index contributed by atoms with van der Waals surface area (Å²) in [5, 5.41) is 11.2. The number of anilines is 1. The SMILES string of the molecule is CCOC(=O)C(Sc1nc2ccc(NC(=O)c3c(Br)c(Br)c(Br)c(Br)c3C(=O)O)cc2s1)C(=O)OCC. The van der Waals surface area contributed by atoms with Crippen LogP contribution in [0.3, 0.4) is 0 Å². The number of carboxylic acid groups (broad SMARTS) is 1. The number of esters is 2. The van der Waals surface area contributed by atoms with Gasteiger partial charge in [0.15, 0.2) is 4.34 Å². The van der Waals surface area contributed by atoms with E-state index in [1.54, 1.807) is 32.0 Å². The molecule has 1 heterocycles. The van der Waals surface area contributed by atoms with E-state index in [0.29, 0.717) is 29.2 Å². The summed E-state index contributed by atoms with van der Waals surface area (Å²) in [5.74, 6) is -3.38. The number of nitrogens with zero attached hydrogens (tertiary/aromatic N) is 1. The Kier molecular flexibility index (Phi) is 10.6. The number of hydrogen-bond acceptors (Lipinski definition) is 9. The van der Waals surface area contributed by atoms with Crippen LogP contribution < -0.4 is 5.32 Å². The normalized spacial score (nSPS) is 11.0. The van der Waals surface area contributed by atoms with Gasteiger partial charge < -0.3 is 19.9 Å². The highest BCUT2D eigenvalue weighted by Gasteiger charge is 2.32. The van der Waals surface area contributed by atoms with Gasteiger partial charge in [-0.25, -0.2) is 9.78 Å². The first-order valence-corrected chi connectivity index (χ1v) is 15.2. The molecule has 0 radical (unpaired) electrons. The molecule has 0 saturated carbocycles. The predicted molar refractivity (Wildman–Crippen MR) is 155 cm³/mol. The van der Waals surface area contributed by atoms with Gasteiger partial charge in [-0.05, 0) is 95.8 Å². The van der Waals surface area contributed by atoms with Gasteiger partial charge in [-0.3, -0.25) is 14.4 Å². The second kappa shape index (κ2) is 13.0. The second-order valence-corrected chi connectivity index (χ2v) is 12.5. The van der Waals surface area contributed by atoms with Crippen molar-refractivity contribution in [1.29, 1.82) is 0 Å². The van der Waals surface area contributed by atoms with Gasteiger partial charge in [0.25, 0.3) is 5.91 Å². The van der Waals surface area contributed by atoms with Gasteiger partial charge in [-0.15, -0.1) is 11.3 Å². The fraction of sp³-hybridized carbons (Fsp3) is 0.227. The first-order valence-electron chi connectivity index (χ1n) is 10.3. The van der Waals surface area contributed by atoms with Crippen molar-refractivity contribution >= 4 is 127 Å². The smallest absolute Gasteiger partial charge is 0.337 e. The zero-order chi connectivity index (χ0) is 27.4. The Balaban J connectivity index is 1.91. The van der Waals surface area contributed by atoms with E-state index in [4.69, 9.17) is 9.47 Å². The van der Waals surface area contributed by atoms with Crippen LogP contribution in [0.25, 0.3) is 10.2 Å². The van der Waals surface area contributed by atoms with Crippen LogP contribution in [0.4, 0.5) is 5.69 Å². The van der Waals surface area contributed by atoms with Crippen molar-refractivity contribution in [3.05, 3.63) is 47.2 Å². The predicted octanol–water partition coefficient (Wildman–Crippen LogP) is 6.88. The minimum Gasteiger partial charge on any atom is -0.478 e. The first kappa shape index (κ1) is 30.0. The molecule has 2 aromatic carbocycles. The molecule has 1 amide bonds. The molecule has 0 bridgehead atoms. The van der Waals surface area contributed by atoms with Gasteiger partial charge in [-0.1, -0.05) is 11.8 Å². The molecule has 2 N–H and O–H groups in total. The maximum Gasteiger partial charge on any atom is 0.337 e. The Morgan fingerprint density at radius 3 is 2.08 bits per heavy atom. The minimum atomic E-state index is -1.29. The number of aromatic nitrogens is 1. The molecule has 0 fully saturated rings. The fourth-order valence-electron chi connectivity index (χ4n) is 3.00. The van der Waals surface area contributed by atoms with Crippen molar-refractivity contribution in [3.8, 4) is 0 Å². The molecule has 1 aromatic heterocycles. The fourth-order valence-corrected chi connectivity index (χ4v) is 7.64. The Morgan fingerprint density at radius 2 is 1.54 bits per heavy atom. The summed E-state index contributed by atoms with van der Waals surface area (Å²) in [6.45, 7) is 3.51. The third-order valence-electron chi connectivity index (χ3n) is 4.55. The number of benzene rings is 2.